The first-order valence-corrected chi connectivity index (χ1v) is 9.48. The number of aryl methyl sites for hydroxylation is 3. The van der Waals surface area contributed by atoms with Crippen molar-refractivity contribution in [2.45, 2.75) is 27.3 Å². The fraction of sp³-hybridized carbons (Fsp3) is 0.167. The van der Waals surface area contributed by atoms with Gasteiger partial charge in [0.2, 0.25) is 0 Å². The lowest BCUT2D eigenvalue weighted by atomic mass is 10.1. The van der Waals surface area contributed by atoms with Gasteiger partial charge >= 0.3 is 5.76 Å². The summed E-state index contributed by atoms with van der Waals surface area (Å²) in [6.45, 7) is 6.34. The van der Waals surface area contributed by atoms with Crippen LogP contribution in [0.1, 0.15) is 32.6 Å². The molecule has 5 heteroatoms. The van der Waals surface area contributed by atoms with Crippen LogP contribution in [0.4, 0.5) is 5.69 Å². The van der Waals surface area contributed by atoms with E-state index in [1.54, 1.807) is 22.8 Å². The summed E-state index contributed by atoms with van der Waals surface area (Å²) in [6, 6.07) is 18.9. The molecule has 0 atom stereocenters. The number of oxazole rings is 1. The lowest BCUT2D eigenvalue weighted by molar-refractivity contribution is 0.102. The molecule has 0 saturated heterocycles. The van der Waals surface area contributed by atoms with E-state index < -0.39 is 5.76 Å². The van der Waals surface area contributed by atoms with Crippen molar-refractivity contribution in [2.75, 3.05) is 5.32 Å². The van der Waals surface area contributed by atoms with E-state index in [1.165, 1.54) is 0 Å². The SMILES string of the molecule is Cc1ccc(Cn2c(=O)oc3ccc(C(=O)Nc4cc(C)ccc4C)cc32)cc1. The van der Waals surface area contributed by atoms with Gasteiger partial charge in [-0.15, -0.1) is 0 Å². The molecule has 0 bridgehead atoms. The number of carbonyl (C=O) groups excluding carboxylic acids is 1. The number of anilines is 1. The molecule has 0 spiro atoms. The van der Waals surface area contributed by atoms with Gasteiger partial charge in [-0.25, -0.2) is 4.79 Å². The summed E-state index contributed by atoms with van der Waals surface area (Å²) in [4.78, 5) is 25.2. The second kappa shape index (κ2) is 7.43. The zero-order valence-electron chi connectivity index (χ0n) is 16.7. The van der Waals surface area contributed by atoms with E-state index >= 15 is 0 Å². The van der Waals surface area contributed by atoms with Gasteiger partial charge in [-0.05, 0) is 61.7 Å². The minimum atomic E-state index is -0.437. The highest BCUT2D eigenvalue weighted by molar-refractivity contribution is 6.06. The van der Waals surface area contributed by atoms with Crippen molar-refractivity contribution < 1.29 is 9.21 Å². The molecule has 5 nitrogen and oxygen atoms in total. The number of benzene rings is 3. The molecule has 1 N–H and O–H groups in total. The van der Waals surface area contributed by atoms with Crippen LogP contribution in [-0.4, -0.2) is 10.5 Å². The molecule has 1 amide bonds. The average molecular weight is 386 g/mol. The molecule has 0 aliphatic rings. The number of hydrogen-bond donors (Lipinski definition) is 1. The van der Waals surface area contributed by atoms with Crippen molar-refractivity contribution in [3.63, 3.8) is 0 Å². The van der Waals surface area contributed by atoms with Crippen LogP contribution in [0.2, 0.25) is 0 Å². The molecule has 0 aliphatic heterocycles. The molecule has 0 radical (unpaired) electrons. The van der Waals surface area contributed by atoms with Crippen molar-refractivity contribution in [3.05, 3.63) is 99.0 Å². The number of carbonyl (C=O) groups is 1. The summed E-state index contributed by atoms with van der Waals surface area (Å²) >= 11 is 0. The molecule has 0 aliphatic carbocycles. The van der Waals surface area contributed by atoms with Crippen LogP contribution in [0.5, 0.6) is 0 Å². The highest BCUT2D eigenvalue weighted by Crippen LogP contribution is 2.20. The molecule has 1 aromatic heterocycles. The molecule has 1 heterocycles. The van der Waals surface area contributed by atoms with Gasteiger partial charge in [0, 0.05) is 11.3 Å². The third-order valence-electron chi connectivity index (χ3n) is 5.03. The molecular weight excluding hydrogens is 364 g/mol. The smallest absolute Gasteiger partial charge is 0.408 e. The number of amides is 1. The Kier molecular flexibility index (Phi) is 4.80. The molecule has 3 aromatic carbocycles. The third kappa shape index (κ3) is 3.85. The van der Waals surface area contributed by atoms with Crippen LogP contribution in [0.3, 0.4) is 0 Å². The van der Waals surface area contributed by atoms with Crippen LogP contribution in [0.15, 0.2) is 69.9 Å². The molecule has 0 saturated carbocycles. The van der Waals surface area contributed by atoms with Gasteiger partial charge < -0.3 is 9.73 Å². The van der Waals surface area contributed by atoms with Gasteiger partial charge in [0.15, 0.2) is 5.58 Å². The van der Waals surface area contributed by atoms with Gasteiger partial charge in [-0.2, -0.15) is 0 Å². The Balaban J connectivity index is 1.68. The van der Waals surface area contributed by atoms with Crippen LogP contribution in [-0.2, 0) is 6.54 Å². The van der Waals surface area contributed by atoms with E-state index in [0.717, 1.165) is 27.9 Å². The topological polar surface area (TPSA) is 64.2 Å². The Morgan fingerprint density at radius 3 is 2.41 bits per heavy atom. The second-order valence-corrected chi connectivity index (χ2v) is 7.39. The molecule has 4 aromatic rings. The minimum absolute atomic E-state index is 0.226. The number of rotatable bonds is 4. The Hall–Kier alpha value is -3.60. The monoisotopic (exact) mass is 386 g/mol. The maximum Gasteiger partial charge on any atom is 0.420 e. The predicted octanol–water partition coefficient (Wildman–Crippen LogP) is 4.82. The minimum Gasteiger partial charge on any atom is -0.408 e. The highest BCUT2D eigenvalue weighted by Gasteiger charge is 2.14. The summed E-state index contributed by atoms with van der Waals surface area (Å²) in [5, 5.41) is 2.96. The molecule has 29 heavy (non-hydrogen) atoms. The van der Waals surface area contributed by atoms with E-state index in [2.05, 4.69) is 5.32 Å². The van der Waals surface area contributed by atoms with Crippen LogP contribution in [0, 0.1) is 20.8 Å². The van der Waals surface area contributed by atoms with E-state index in [0.29, 0.717) is 23.2 Å². The Bertz CT molecular complexity index is 1260. The van der Waals surface area contributed by atoms with Gasteiger partial charge in [0.05, 0.1) is 12.1 Å². The summed E-state index contributed by atoms with van der Waals surface area (Å²) in [5.41, 5.74) is 6.52. The maximum atomic E-state index is 12.8. The number of aromatic nitrogens is 1. The molecule has 4 rings (SSSR count). The third-order valence-corrected chi connectivity index (χ3v) is 5.03. The Labute approximate surface area is 168 Å². The van der Waals surface area contributed by atoms with Gasteiger partial charge in [0.25, 0.3) is 5.91 Å². The summed E-state index contributed by atoms with van der Waals surface area (Å²) in [5.74, 6) is -0.663. The van der Waals surface area contributed by atoms with E-state index in [-0.39, 0.29) is 5.91 Å². The van der Waals surface area contributed by atoms with Crippen molar-refractivity contribution in [1.29, 1.82) is 0 Å². The zero-order valence-corrected chi connectivity index (χ0v) is 16.7. The zero-order chi connectivity index (χ0) is 20.5. The first kappa shape index (κ1) is 18.7. The van der Waals surface area contributed by atoms with Gasteiger partial charge in [0.1, 0.15) is 0 Å². The number of nitrogens with zero attached hydrogens (tertiary/aromatic N) is 1. The second-order valence-electron chi connectivity index (χ2n) is 7.39. The number of hydrogen-bond acceptors (Lipinski definition) is 3. The molecule has 146 valence electrons. The number of fused-ring (bicyclic) bond motifs is 1. The van der Waals surface area contributed by atoms with Crippen LogP contribution < -0.4 is 11.1 Å². The molecule has 0 unspecified atom stereocenters. The first-order chi connectivity index (χ1) is 13.9. The summed E-state index contributed by atoms with van der Waals surface area (Å²) in [6.07, 6.45) is 0. The average Bonchev–Trinajstić information content (AvgIpc) is 3.01. The normalized spacial score (nSPS) is 11.0. The van der Waals surface area contributed by atoms with Crippen molar-refractivity contribution in [1.82, 2.24) is 4.57 Å². The number of nitrogens with one attached hydrogen (secondary N) is 1. The standard InChI is InChI=1S/C24H22N2O3/c1-15-5-8-18(9-6-15)14-26-21-13-19(10-11-22(21)29-24(26)28)23(27)25-20-12-16(2)4-7-17(20)3/h4-13H,14H2,1-3H3,(H,25,27). The van der Waals surface area contributed by atoms with Crippen molar-refractivity contribution >= 4 is 22.7 Å². The quantitative estimate of drug-likeness (QED) is 0.547. The van der Waals surface area contributed by atoms with Crippen molar-refractivity contribution in [2.24, 2.45) is 0 Å². The fourth-order valence-electron chi connectivity index (χ4n) is 3.29. The van der Waals surface area contributed by atoms with E-state index in [1.807, 2.05) is 63.2 Å². The lowest BCUT2D eigenvalue weighted by Gasteiger charge is -2.10. The van der Waals surface area contributed by atoms with Gasteiger partial charge in [-0.1, -0.05) is 42.0 Å². The van der Waals surface area contributed by atoms with E-state index in [9.17, 15) is 9.59 Å². The summed E-state index contributed by atoms with van der Waals surface area (Å²) < 4.78 is 6.91. The summed E-state index contributed by atoms with van der Waals surface area (Å²) in [7, 11) is 0. The Morgan fingerprint density at radius 2 is 1.66 bits per heavy atom. The van der Waals surface area contributed by atoms with Crippen LogP contribution >= 0.6 is 0 Å². The fourth-order valence-corrected chi connectivity index (χ4v) is 3.29. The van der Waals surface area contributed by atoms with Crippen LogP contribution in [0.25, 0.3) is 11.1 Å². The van der Waals surface area contributed by atoms with E-state index in [4.69, 9.17) is 4.42 Å². The lowest BCUT2D eigenvalue weighted by Crippen LogP contribution is -2.16. The van der Waals surface area contributed by atoms with Crippen molar-refractivity contribution in [3.8, 4) is 0 Å². The molecule has 0 fully saturated rings. The Morgan fingerprint density at radius 1 is 0.931 bits per heavy atom. The van der Waals surface area contributed by atoms with Gasteiger partial charge in [-0.3, -0.25) is 9.36 Å². The first-order valence-electron chi connectivity index (χ1n) is 9.48. The highest BCUT2D eigenvalue weighted by atomic mass is 16.4. The predicted molar refractivity (Wildman–Crippen MR) is 115 cm³/mol. The largest absolute Gasteiger partial charge is 0.420 e. The molecular formula is C24H22N2O3. The maximum absolute atomic E-state index is 12.8.